The highest BCUT2D eigenvalue weighted by Crippen LogP contribution is 2.39. The first-order valence-corrected chi connectivity index (χ1v) is 16.5. The number of thiophene rings is 1. The summed E-state index contributed by atoms with van der Waals surface area (Å²) in [4.78, 5) is 31.1. The lowest BCUT2D eigenvalue weighted by atomic mass is 9.72. The number of hydrogen-bond donors (Lipinski definition) is 2. The molecule has 1 atom stereocenters. The van der Waals surface area contributed by atoms with Gasteiger partial charge in [-0.2, -0.15) is 0 Å². The zero-order valence-corrected chi connectivity index (χ0v) is 26.7. The number of hydrogen-bond acceptors (Lipinski definition) is 5. The van der Waals surface area contributed by atoms with E-state index in [1.807, 2.05) is 24.3 Å². The Hall–Kier alpha value is -2.45. The second-order valence-corrected chi connectivity index (χ2v) is 15.5. The third-order valence-electron chi connectivity index (χ3n) is 8.91. The lowest BCUT2D eigenvalue weighted by Gasteiger charge is -2.37. The van der Waals surface area contributed by atoms with Gasteiger partial charge in [0.05, 0.1) is 9.89 Å². The molecule has 5 rings (SSSR count). The minimum atomic E-state index is -1.06. The molecular formula is C33H41BrN2O4S. The summed E-state index contributed by atoms with van der Waals surface area (Å²) in [6.07, 6.45) is 10.6. The molecule has 41 heavy (non-hydrogen) atoms. The molecule has 0 bridgehead atoms. The van der Waals surface area contributed by atoms with Crippen molar-refractivity contribution in [2.45, 2.75) is 97.1 Å². The van der Waals surface area contributed by atoms with E-state index in [2.05, 4.69) is 48.1 Å². The third-order valence-corrected chi connectivity index (χ3v) is 10.6. The normalized spacial score (nSPS) is 20.7. The number of aliphatic carboxylic acids is 1. The molecule has 0 aliphatic heterocycles. The zero-order valence-electron chi connectivity index (χ0n) is 24.2. The summed E-state index contributed by atoms with van der Waals surface area (Å²) in [7, 11) is 0. The number of nitrogens with one attached hydrogen (secondary N) is 1. The molecule has 0 saturated heterocycles. The molecular weight excluding hydrogens is 600 g/mol. The first-order valence-electron chi connectivity index (χ1n) is 14.9. The summed E-state index contributed by atoms with van der Waals surface area (Å²) in [5.41, 5.74) is 1.50. The predicted octanol–water partition coefficient (Wildman–Crippen LogP) is 8.20. The highest BCUT2D eigenvalue weighted by Gasteiger charge is 2.31. The average molecular weight is 642 g/mol. The second-order valence-electron chi connectivity index (χ2n) is 12.9. The topological polar surface area (TPSA) is 88.5 Å². The fraction of sp³-hybridized carbons (Fsp3) is 0.545. The van der Waals surface area contributed by atoms with Gasteiger partial charge < -0.3 is 15.2 Å². The molecule has 220 valence electrons. The smallest absolute Gasteiger partial charge is 0.326 e. The van der Waals surface area contributed by atoms with Gasteiger partial charge in [0.25, 0.3) is 5.91 Å². The van der Waals surface area contributed by atoms with Gasteiger partial charge in [-0.3, -0.25) is 4.79 Å². The molecule has 2 heterocycles. The van der Waals surface area contributed by atoms with Crippen molar-refractivity contribution in [1.29, 1.82) is 0 Å². The Morgan fingerprint density at radius 3 is 2.44 bits per heavy atom. The molecule has 0 radical (unpaired) electrons. The minimum absolute atomic E-state index is 0.220. The maximum absolute atomic E-state index is 13.3. The van der Waals surface area contributed by atoms with Crippen molar-refractivity contribution in [1.82, 2.24) is 10.3 Å². The summed E-state index contributed by atoms with van der Waals surface area (Å²) in [5.74, 6) is 0.618. The Labute approximate surface area is 255 Å². The summed E-state index contributed by atoms with van der Waals surface area (Å²) >= 11 is 4.89. The van der Waals surface area contributed by atoms with Gasteiger partial charge in [0.1, 0.15) is 17.5 Å². The Morgan fingerprint density at radius 1 is 1.07 bits per heavy atom. The summed E-state index contributed by atoms with van der Waals surface area (Å²) < 4.78 is 7.42. The highest BCUT2D eigenvalue weighted by molar-refractivity contribution is 9.11. The molecule has 0 spiro atoms. The Balaban J connectivity index is 1.36. The second kappa shape index (κ2) is 12.8. The van der Waals surface area contributed by atoms with Crippen molar-refractivity contribution in [3.63, 3.8) is 0 Å². The number of amides is 1. The quantitative estimate of drug-likeness (QED) is 0.246. The monoisotopic (exact) mass is 640 g/mol. The van der Waals surface area contributed by atoms with Gasteiger partial charge in [-0.1, -0.05) is 52.5 Å². The van der Waals surface area contributed by atoms with Crippen molar-refractivity contribution in [2.24, 2.45) is 17.3 Å². The lowest BCUT2D eigenvalue weighted by Crippen LogP contribution is -2.42. The molecule has 8 heteroatoms. The van der Waals surface area contributed by atoms with E-state index >= 15 is 0 Å². The van der Waals surface area contributed by atoms with E-state index in [-0.39, 0.29) is 18.2 Å². The number of fused-ring (bicyclic) bond motifs is 1. The molecule has 6 nitrogen and oxygen atoms in total. The molecule has 1 amide bonds. The zero-order chi connectivity index (χ0) is 29.1. The van der Waals surface area contributed by atoms with Crippen LogP contribution in [0, 0.1) is 17.3 Å². The maximum atomic E-state index is 13.3. The Morgan fingerprint density at radius 2 is 1.80 bits per heavy atom. The molecule has 3 aromatic rings. The molecule has 2 fully saturated rings. The van der Waals surface area contributed by atoms with Crippen molar-refractivity contribution in [2.75, 3.05) is 0 Å². The van der Waals surface area contributed by atoms with Crippen LogP contribution in [0.3, 0.4) is 0 Å². The van der Waals surface area contributed by atoms with Crippen LogP contribution in [0.4, 0.5) is 0 Å². The summed E-state index contributed by atoms with van der Waals surface area (Å²) in [6, 6.07) is 10.6. The summed E-state index contributed by atoms with van der Waals surface area (Å²) in [6.45, 7) is 7.00. The predicted molar refractivity (Wildman–Crippen MR) is 168 cm³/mol. The van der Waals surface area contributed by atoms with Crippen molar-refractivity contribution in [3.8, 4) is 5.75 Å². The largest absolute Gasteiger partial charge is 0.490 e. The van der Waals surface area contributed by atoms with E-state index in [1.165, 1.54) is 49.9 Å². The Kier molecular flexibility index (Phi) is 9.39. The molecule has 2 saturated carbocycles. The fourth-order valence-corrected chi connectivity index (χ4v) is 7.99. The number of aromatic nitrogens is 1. The number of carboxylic acid groups (broad SMARTS) is 1. The molecule has 1 aromatic carbocycles. The molecule has 2 aliphatic carbocycles. The summed E-state index contributed by atoms with van der Waals surface area (Å²) in [5, 5.41) is 14.5. The number of nitrogens with zero attached hydrogens (tertiary/aromatic N) is 1. The molecule has 2 N–H and O–H groups in total. The SMILES string of the molecule is CC(C)(C)C1CCC(Oc2ccc3cc(C(=O)N[C@@H](Cc4ccc(Br)s4)C(=O)O)nc(CC4CCCC4)c3c2)CC1. The van der Waals surface area contributed by atoms with Gasteiger partial charge in [-0.25, -0.2) is 9.78 Å². The minimum Gasteiger partial charge on any atom is -0.490 e. The Bertz CT molecular complexity index is 1380. The lowest BCUT2D eigenvalue weighted by molar-refractivity contribution is -0.139. The third kappa shape index (κ3) is 7.69. The molecule has 2 aromatic heterocycles. The van der Waals surface area contributed by atoms with Gasteiger partial charge in [-0.15, -0.1) is 11.3 Å². The van der Waals surface area contributed by atoms with Crippen LogP contribution in [-0.2, 0) is 17.6 Å². The van der Waals surface area contributed by atoms with E-state index in [1.54, 1.807) is 6.07 Å². The van der Waals surface area contributed by atoms with Crippen LogP contribution in [0.15, 0.2) is 40.2 Å². The van der Waals surface area contributed by atoms with Crippen LogP contribution in [0.1, 0.15) is 93.2 Å². The van der Waals surface area contributed by atoms with Crippen LogP contribution < -0.4 is 10.1 Å². The standard InChI is InChI=1S/C33H41BrN2O4S/c1-33(2,3)22-9-12-23(13-10-22)40-24-11-8-21-17-28(35-27(26(21)18-24)16-20-6-4-5-7-20)31(37)36-29(32(38)39)19-25-14-15-30(34)41-25/h8,11,14-15,17-18,20,22-23,29H,4-7,9-10,12-13,16,19H2,1-3H3,(H,36,37)(H,38,39)/t22?,23?,29-/m0/s1. The van der Waals surface area contributed by atoms with Gasteiger partial charge >= 0.3 is 5.97 Å². The van der Waals surface area contributed by atoms with E-state index in [0.717, 1.165) is 56.1 Å². The van der Waals surface area contributed by atoms with Crippen molar-refractivity contribution >= 4 is 49.9 Å². The van der Waals surface area contributed by atoms with Crippen LogP contribution in [0.5, 0.6) is 5.75 Å². The number of benzene rings is 1. The molecule has 0 unspecified atom stereocenters. The fourth-order valence-electron chi connectivity index (χ4n) is 6.46. The number of carboxylic acids is 1. The number of ether oxygens (including phenoxy) is 1. The van der Waals surface area contributed by atoms with E-state index in [0.29, 0.717) is 11.3 Å². The van der Waals surface area contributed by atoms with E-state index in [9.17, 15) is 14.7 Å². The van der Waals surface area contributed by atoms with Crippen molar-refractivity contribution < 1.29 is 19.4 Å². The number of rotatable bonds is 9. The first kappa shape index (κ1) is 30.0. The van der Waals surface area contributed by atoms with Gasteiger partial charge in [-0.05, 0) is 101 Å². The van der Waals surface area contributed by atoms with E-state index in [4.69, 9.17) is 9.72 Å². The van der Waals surface area contributed by atoms with Crippen LogP contribution in [-0.4, -0.2) is 34.1 Å². The van der Waals surface area contributed by atoms with Gasteiger partial charge in [0.2, 0.25) is 0 Å². The average Bonchev–Trinajstić information content (AvgIpc) is 3.59. The number of carbonyl (C=O) groups is 2. The number of pyridine rings is 1. The van der Waals surface area contributed by atoms with Crippen molar-refractivity contribution in [3.05, 3.63) is 56.4 Å². The van der Waals surface area contributed by atoms with Crippen LogP contribution in [0.2, 0.25) is 0 Å². The number of carbonyl (C=O) groups excluding carboxylic acids is 1. The van der Waals surface area contributed by atoms with Gasteiger partial charge in [0.15, 0.2) is 0 Å². The first-order chi connectivity index (χ1) is 19.5. The maximum Gasteiger partial charge on any atom is 0.326 e. The number of halogens is 1. The highest BCUT2D eigenvalue weighted by atomic mass is 79.9. The van der Waals surface area contributed by atoms with Crippen LogP contribution >= 0.6 is 27.3 Å². The van der Waals surface area contributed by atoms with Crippen LogP contribution in [0.25, 0.3) is 10.8 Å². The van der Waals surface area contributed by atoms with Gasteiger partial charge in [0, 0.05) is 22.4 Å². The molecule has 2 aliphatic rings. The van der Waals surface area contributed by atoms with E-state index < -0.39 is 17.9 Å².